The molecule has 0 spiro atoms. The first-order valence-electron chi connectivity index (χ1n) is 12.1. The van der Waals surface area contributed by atoms with Gasteiger partial charge >= 0.3 is 0 Å². The van der Waals surface area contributed by atoms with Gasteiger partial charge in [0.05, 0.1) is 22.4 Å². The third-order valence-corrected chi connectivity index (χ3v) is 7.86. The maximum atomic E-state index is 12.8. The largest absolute Gasteiger partial charge is 0.451 e. The van der Waals surface area contributed by atoms with E-state index < -0.39 is 5.60 Å². The van der Waals surface area contributed by atoms with Crippen molar-refractivity contribution in [3.63, 3.8) is 0 Å². The van der Waals surface area contributed by atoms with Gasteiger partial charge in [0, 0.05) is 37.4 Å². The molecule has 3 aromatic heterocycles. The highest BCUT2D eigenvalue weighted by atomic mass is 32.1. The molecule has 2 N–H and O–H groups in total. The number of rotatable bonds is 6. The van der Waals surface area contributed by atoms with Gasteiger partial charge in [-0.15, -0.1) is 11.3 Å². The van der Waals surface area contributed by atoms with E-state index in [-0.39, 0.29) is 11.7 Å². The van der Waals surface area contributed by atoms with Crippen LogP contribution in [0.15, 0.2) is 77.5 Å². The number of carbonyl (C=O) groups excluding carboxylic acids is 1. The molecule has 1 saturated heterocycles. The number of thiazole rings is 1. The van der Waals surface area contributed by atoms with Crippen LogP contribution in [0.1, 0.15) is 39.5 Å². The second-order valence-electron chi connectivity index (χ2n) is 9.29. The van der Waals surface area contributed by atoms with Crippen molar-refractivity contribution in [2.75, 3.05) is 13.1 Å². The molecule has 0 atom stereocenters. The number of aromatic nitrogens is 2. The average molecular weight is 499 g/mol. The van der Waals surface area contributed by atoms with Crippen molar-refractivity contribution in [2.24, 2.45) is 0 Å². The quantitative estimate of drug-likeness (QED) is 0.348. The first kappa shape index (κ1) is 22.8. The number of fused-ring (bicyclic) bond motifs is 2. The van der Waals surface area contributed by atoms with Gasteiger partial charge in [0.2, 0.25) is 0 Å². The lowest BCUT2D eigenvalue weighted by atomic mass is 9.84. The molecule has 8 heteroatoms. The highest BCUT2D eigenvalue weighted by Crippen LogP contribution is 2.35. The summed E-state index contributed by atoms with van der Waals surface area (Å²) < 4.78 is 6.91. The molecule has 0 unspecified atom stereocenters. The van der Waals surface area contributed by atoms with Gasteiger partial charge in [-0.2, -0.15) is 0 Å². The lowest BCUT2D eigenvalue weighted by Gasteiger charge is -2.38. The number of likely N-dealkylation sites (tertiary alicyclic amines) is 1. The van der Waals surface area contributed by atoms with E-state index in [9.17, 15) is 9.90 Å². The molecular weight excluding hydrogens is 472 g/mol. The number of benzene rings is 2. The minimum atomic E-state index is -0.897. The summed E-state index contributed by atoms with van der Waals surface area (Å²) in [5.74, 6) is -0.0315. The van der Waals surface area contributed by atoms with E-state index in [1.54, 1.807) is 23.6 Å². The summed E-state index contributed by atoms with van der Waals surface area (Å²) in [5, 5.41) is 16.0. The van der Waals surface area contributed by atoms with Crippen LogP contribution >= 0.6 is 11.3 Å². The smallest absolute Gasteiger partial charge is 0.287 e. The summed E-state index contributed by atoms with van der Waals surface area (Å²) in [7, 11) is 0. The van der Waals surface area contributed by atoms with Crippen LogP contribution < -0.4 is 5.32 Å². The van der Waals surface area contributed by atoms with Crippen molar-refractivity contribution >= 4 is 38.4 Å². The van der Waals surface area contributed by atoms with Crippen LogP contribution in [0.25, 0.3) is 21.2 Å². The highest BCUT2D eigenvalue weighted by Gasteiger charge is 2.34. The molecule has 0 bridgehead atoms. The van der Waals surface area contributed by atoms with E-state index in [1.165, 1.54) is 5.56 Å². The van der Waals surface area contributed by atoms with Gasteiger partial charge in [-0.3, -0.25) is 14.7 Å². The van der Waals surface area contributed by atoms with Crippen LogP contribution in [0, 0.1) is 0 Å². The van der Waals surface area contributed by atoms with Crippen LogP contribution in [0.4, 0.5) is 0 Å². The summed E-state index contributed by atoms with van der Waals surface area (Å²) >= 11 is 1.57. The zero-order valence-corrected chi connectivity index (χ0v) is 20.5. The second kappa shape index (κ2) is 9.46. The second-order valence-corrected chi connectivity index (χ2v) is 10.4. The minimum absolute atomic E-state index is 0.251. The summed E-state index contributed by atoms with van der Waals surface area (Å²) in [4.78, 5) is 23.8. The Hall–Kier alpha value is -3.59. The maximum Gasteiger partial charge on any atom is 0.287 e. The molecule has 1 fully saturated rings. The topological polar surface area (TPSA) is 91.5 Å². The van der Waals surface area contributed by atoms with Crippen molar-refractivity contribution < 1.29 is 14.3 Å². The van der Waals surface area contributed by atoms with Gasteiger partial charge in [0.25, 0.3) is 5.91 Å². The first-order valence-corrected chi connectivity index (χ1v) is 12.9. The molecule has 1 aliphatic heterocycles. The summed E-state index contributed by atoms with van der Waals surface area (Å²) in [5.41, 5.74) is 2.70. The van der Waals surface area contributed by atoms with Crippen LogP contribution in [-0.2, 0) is 18.7 Å². The molecule has 6 rings (SSSR count). The number of pyridine rings is 1. The molecule has 0 saturated carbocycles. The normalized spacial score (nSPS) is 15.9. The summed E-state index contributed by atoms with van der Waals surface area (Å²) in [6.07, 6.45) is 4.96. The fourth-order valence-corrected chi connectivity index (χ4v) is 5.71. The van der Waals surface area contributed by atoms with Crippen LogP contribution in [0.2, 0.25) is 0 Å². The van der Waals surface area contributed by atoms with Crippen molar-refractivity contribution in [1.29, 1.82) is 0 Å². The third kappa shape index (κ3) is 4.63. The van der Waals surface area contributed by atoms with E-state index in [0.29, 0.717) is 25.0 Å². The molecule has 36 heavy (non-hydrogen) atoms. The summed E-state index contributed by atoms with van der Waals surface area (Å²) in [6, 6.07) is 19.4. The van der Waals surface area contributed by atoms with Crippen LogP contribution in [-0.4, -0.2) is 39.0 Å². The summed E-state index contributed by atoms with van der Waals surface area (Å²) in [6.45, 7) is 2.78. The van der Waals surface area contributed by atoms with Crippen molar-refractivity contribution in [1.82, 2.24) is 20.2 Å². The molecular formula is C28H26N4O3S. The Bertz CT molecular complexity index is 1490. The van der Waals surface area contributed by atoms with E-state index in [0.717, 1.165) is 45.8 Å². The lowest BCUT2D eigenvalue weighted by Crippen LogP contribution is -2.42. The standard InChI is InChI=1S/C28H26N4O3S/c33-27(30-17-26-31-22-5-1-2-6-25(22)36-26)24-15-20-14-21(7-8-23(20)35-24)28(34)9-12-32(13-10-28)18-19-4-3-11-29-16-19/h1-8,11,14-16,34H,9-10,12-13,17-18H2,(H,30,33). The number of furan rings is 1. The molecule has 1 aliphatic rings. The molecule has 1 amide bonds. The number of hydrogen-bond donors (Lipinski definition) is 2. The number of hydrogen-bond acceptors (Lipinski definition) is 7. The number of aliphatic hydroxyl groups is 1. The zero-order valence-electron chi connectivity index (χ0n) is 19.7. The SMILES string of the molecule is O=C(NCc1nc2ccccc2s1)c1cc2cc(C3(O)CCN(Cc4cccnc4)CC3)ccc2o1. The molecule has 4 heterocycles. The van der Waals surface area contributed by atoms with Gasteiger partial charge in [-0.25, -0.2) is 4.98 Å². The average Bonchev–Trinajstić information content (AvgIpc) is 3.53. The molecule has 0 aliphatic carbocycles. The Morgan fingerprint density at radius 2 is 1.97 bits per heavy atom. The lowest BCUT2D eigenvalue weighted by molar-refractivity contribution is -0.0276. The van der Waals surface area contributed by atoms with Gasteiger partial charge in [-0.05, 0) is 60.4 Å². The Labute approximate surface area is 212 Å². The Kier molecular flexibility index (Phi) is 6.00. The third-order valence-electron chi connectivity index (χ3n) is 6.83. The van der Waals surface area contributed by atoms with Crippen molar-refractivity contribution in [2.45, 2.75) is 31.5 Å². The minimum Gasteiger partial charge on any atom is -0.451 e. The zero-order chi connectivity index (χ0) is 24.5. The van der Waals surface area contributed by atoms with Gasteiger partial charge in [-0.1, -0.05) is 24.3 Å². The Balaban J connectivity index is 1.12. The van der Waals surface area contributed by atoms with E-state index >= 15 is 0 Å². The van der Waals surface area contributed by atoms with Crippen molar-refractivity contribution in [3.8, 4) is 0 Å². The predicted molar refractivity (Wildman–Crippen MR) is 140 cm³/mol. The number of nitrogens with one attached hydrogen (secondary N) is 1. The van der Waals surface area contributed by atoms with E-state index in [2.05, 4.69) is 26.3 Å². The number of para-hydroxylation sites is 1. The highest BCUT2D eigenvalue weighted by molar-refractivity contribution is 7.18. The van der Waals surface area contributed by atoms with Crippen molar-refractivity contribution in [3.05, 3.63) is 95.0 Å². The monoisotopic (exact) mass is 498 g/mol. The molecule has 2 aromatic carbocycles. The van der Waals surface area contributed by atoms with E-state index in [1.807, 2.05) is 54.7 Å². The van der Waals surface area contributed by atoms with Gasteiger partial charge < -0.3 is 14.8 Å². The molecule has 182 valence electrons. The van der Waals surface area contributed by atoms with Gasteiger partial charge in [0.15, 0.2) is 5.76 Å². The fraction of sp³-hybridized carbons (Fsp3) is 0.250. The van der Waals surface area contributed by atoms with Gasteiger partial charge in [0.1, 0.15) is 10.6 Å². The number of amides is 1. The van der Waals surface area contributed by atoms with Crippen LogP contribution in [0.3, 0.4) is 0 Å². The number of carbonyl (C=O) groups is 1. The van der Waals surface area contributed by atoms with Crippen LogP contribution in [0.5, 0.6) is 0 Å². The molecule has 5 aromatic rings. The Morgan fingerprint density at radius 3 is 2.78 bits per heavy atom. The Morgan fingerprint density at radius 1 is 1.11 bits per heavy atom. The molecule has 0 radical (unpaired) electrons. The number of piperidine rings is 1. The predicted octanol–water partition coefficient (Wildman–Crippen LogP) is 4.85. The maximum absolute atomic E-state index is 12.8. The number of nitrogens with zero attached hydrogens (tertiary/aromatic N) is 3. The fourth-order valence-electron chi connectivity index (χ4n) is 4.80. The molecule has 7 nitrogen and oxygen atoms in total. The first-order chi connectivity index (χ1) is 17.6. The van der Waals surface area contributed by atoms with E-state index in [4.69, 9.17) is 4.42 Å².